The molecule has 2 aliphatic rings. The summed E-state index contributed by atoms with van der Waals surface area (Å²) in [6.45, 7) is 3.18. The number of rotatable bonds is 5. The molecule has 160 valence electrons. The highest BCUT2D eigenvalue weighted by Crippen LogP contribution is 2.42. The molecule has 2 aromatic carbocycles. The zero-order valence-corrected chi connectivity index (χ0v) is 18.0. The molecular formula is C25H27N3O3. The van der Waals surface area contributed by atoms with Crippen LogP contribution in [0, 0.1) is 0 Å². The molecule has 0 aliphatic carbocycles. The fourth-order valence-electron chi connectivity index (χ4n) is 5.14. The van der Waals surface area contributed by atoms with Crippen molar-refractivity contribution < 1.29 is 14.3 Å². The lowest BCUT2D eigenvalue weighted by Crippen LogP contribution is -2.67. The Bertz CT molecular complexity index is 1150. The average Bonchev–Trinajstić information content (AvgIpc) is 3.17. The van der Waals surface area contributed by atoms with Crippen LogP contribution in [0.25, 0.3) is 10.9 Å². The van der Waals surface area contributed by atoms with Gasteiger partial charge in [-0.2, -0.15) is 0 Å². The Balaban J connectivity index is 1.46. The molecule has 0 spiro atoms. The number of carbonyl (C=O) groups excluding carboxylic acids is 2. The first-order valence-corrected chi connectivity index (χ1v) is 10.8. The van der Waals surface area contributed by atoms with Crippen molar-refractivity contribution in [3.8, 4) is 5.75 Å². The van der Waals surface area contributed by atoms with E-state index < -0.39 is 5.54 Å². The summed E-state index contributed by atoms with van der Waals surface area (Å²) >= 11 is 0. The van der Waals surface area contributed by atoms with Gasteiger partial charge in [-0.15, -0.1) is 0 Å². The molecule has 1 aromatic heterocycles. The largest absolute Gasteiger partial charge is 0.497 e. The molecule has 6 nitrogen and oxygen atoms in total. The lowest BCUT2D eigenvalue weighted by Gasteiger charge is -2.49. The van der Waals surface area contributed by atoms with Gasteiger partial charge in [-0.25, -0.2) is 0 Å². The Morgan fingerprint density at radius 3 is 2.71 bits per heavy atom. The first-order valence-electron chi connectivity index (χ1n) is 10.8. The maximum absolute atomic E-state index is 13.7. The third kappa shape index (κ3) is 3.09. The summed E-state index contributed by atoms with van der Waals surface area (Å²) in [5.74, 6) is 0.804. The number of piperazine rings is 1. The highest BCUT2D eigenvalue weighted by atomic mass is 16.5. The Kier molecular flexibility index (Phi) is 4.73. The van der Waals surface area contributed by atoms with E-state index in [2.05, 4.69) is 17.1 Å². The number of hydrogen-bond donors (Lipinski definition) is 1. The number of aryl methyl sites for hydroxylation is 1. The van der Waals surface area contributed by atoms with Crippen LogP contribution in [-0.2, 0) is 28.0 Å². The smallest absolute Gasteiger partial charge is 0.254 e. The van der Waals surface area contributed by atoms with Crippen LogP contribution in [0.5, 0.6) is 5.75 Å². The number of nitrogens with zero attached hydrogens (tertiary/aromatic N) is 2. The molecule has 31 heavy (non-hydrogen) atoms. The van der Waals surface area contributed by atoms with Crippen molar-refractivity contribution in [1.29, 1.82) is 0 Å². The van der Waals surface area contributed by atoms with Crippen LogP contribution < -0.4 is 4.74 Å². The second-order valence-electron chi connectivity index (χ2n) is 8.57. The summed E-state index contributed by atoms with van der Waals surface area (Å²) < 4.78 is 5.40. The monoisotopic (exact) mass is 417 g/mol. The third-order valence-corrected chi connectivity index (χ3v) is 6.79. The molecular weight excluding hydrogens is 390 g/mol. The van der Waals surface area contributed by atoms with E-state index in [1.807, 2.05) is 43.3 Å². The van der Waals surface area contributed by atoms with Crippen LogP contribution in [0.15, 0.2) is 48.5 Å². The number of H-pyrrole nitrogens is 1. The van der Waals surface area contributed by atoms with Gasteiger partial charge >= 0.3 is 0 Å². The van der Waals surface area contributed by atoms with Crippen molar-refractivity contribution in [1.82, 2.24) is 14.8 Å². The highest BCUT2D eigenvalue weighted by Gasteiger charge is 2.53. The molecule has 1 N–H and O–H groups in total. The second-order valence-corrected chi connectivity index (χ2v) is 8.57. The van der Waals surface area contributed by atoms with Crippen molar-refractivity contribution in [2.24, 2.45) is 0 Å². The molecule has 0 saturated carbocycles. The molecule has 6 heteroatoms. The Morgan fingerprint density at radius 1 is 1.13 bits per heavy atom. The van der Waals surface area contributed by atoms with Crippen LogP contribution in [0.4, 0.5) is 0 Å². The topological polar surface area (TPSA) is 65.6 Å². The number of benzene rings is 2. The summed E-state index contributed by atoms with van der Waals surface area (Å²) in [6.07, 6.45) is 2.44. The number of aromatic nitrogens is 1. The van der Waals surface area contributed by atoms with Gasteiger partial charge in [-0.1, -0.05) is 30.3 Å². The van der Waals surface area contributed by atoms with Crippen LogP contribution in [-0.4, -0.2) is 53.3 Å². The number of ether oxygens (including phenoxy) is 1. The molecule has 1 atom stereocenters. The molecule has 2 aliphatic heterocycles. The van der Waals surface area contributed by atoms with Gasteiger partial charge in [0.1, 0.15) is 5.75 Å². The van der Waals surface area contributed by atoms with Gasteiger partial charge in [-0.05, 0) is 55.5 Å². The molecule has 0 unspecified atom stereocenters. The van der Waals surface area contributed by atoms with E-state index in [9.17, 15) is 9.59 Å². The zero-order chi connectivity index (χ0) is 21.6. The second kappa shape index (κ2) is 7.45. The summed E-state index contributed by atoms with van der Waals surface area (Å²) in [4.78, 5) is 33.7. The van der Waals surface area contributed by atoms with E-state index in [1.54, 1.807) is 16.9 Å². The fourth-order valence-corrected chi connectivity index (χ4v) is 5.14. The van der Waals surface area contributed by atoms with Crippen molar-refractivity contribution in [3.05, 3.63) is 65.4 Å². The SMILES string of the molecule is COc1ccc2[nH]c3c(c2c1)CCN1C(=O)CN(CCCc2ccccc2)C(=O)[C@@]31C. The molecule has 0 radical (unpaired) electrons. The van der Waals surface area contributed by atoms with Gasteiger partial charge in [0.05, 0.1) is 19.3 Å². The summed E-state index contributed by atoms with van der Waals surface area (Å²) in [6, 6.07) is 16.1. The molecule has 3 aromatic rings. The summed E-state index contributed by atoms with van der Waals surface area (Å²) in [5, 5.41) is 1.07. The third-order valence-electron chi connectivity index (χ3n) is 6.79. The van der Waals surface area contributed by atoms with Gasteiger partial charge in [0.15, 0.2) is 5.54 Å². The van der Waals surface area contributed by atoms with E-state index in [0.717, 1.165) is 47.2 Å². The van der Waals surface area contributed by atoms with Crippen molar-refractivity contribution in [3.63, 3.8) is 0 Å². The molecule has 1 saturated heterocycles. The summed E-state index contributed by atoms with van der Waals surface area (Å²) in [7, 11) is 1.65. The van der Waals surface area contributed by atoms with Gasteiger partial charge in [0, 0.05) is 24.0 Å². The number of aromatic amines is 1. The number of hydrogen-bond acceptors (Lipinski definition) is 3. The number of amides is 2. The minimum Gasteiger partial charge on any atom is -0.497 e. The lowest BCUT2D eigenvalue weighted by molar-refractivity contribution is -0.166. The molecule has 3 heterocycles. The van der Waals surface area contributed by atoms with Crippen LogP contribution in [0.2, 0.25) is 0 Å². The van der Waals surface area contributed by atoms with Crippen LogP contribution in [0.3, 0.4) is 0 Å². The van der Waals surface area contributed by atoms with E-state index >= 15 is 0 Å². The van der Waals surface area contributed by atoms with Gasteiger partial charge in [-0.3, -0.25) is 9.59 Å². The van der Waals surface area contributed by atoms with Crippen LogP contribution >= 0.6 is 0 Å². The predicted molar refractivity (Wildman–Crippen MR) is 119 cm³/mol. The minimum atomic E-state index is -0.998. The number of nitrogens with one attached hydrogen (secondary N) is 1. The maximum Gasteiger partial charge on any atom is 0.254 e. The van der Waals surface area contributed by atoms with Gasteiger partial charge in [0.2, 0.25) is 5.91 Å². The van der Waals surface area contributed by atoms with Crippen molar-refractivity contribution in [2.45, 2.75) is 31.7 Å². The zero-order valence-electron chi connectivity index (χ0n) is 18.0. The van der Waals surface area contributed by atoms with Crippen molar-refractivity contribution >= 4 is 22.7 Å². The number of carbonyl (C=O) groups is 2. The molecule has 1 fully saturated rings. The van der Waals surface area contributed by atoms with Crippen LogP contribution in [0.1, 0.15) is 30.2 Å². The first-order chi connectivity index (χ1) is 15.0. The Morgan fingerprint density at radius 2 is 1.94 bits per heavy atom. The van der Waals surface area contributed by atoms with E-state index in [0.29, 0.717) is 13.1 Å². The lowest BCUT2D eigenvalue weighted by atomic mass is 9.83. The number of fused-ring (bicyclic) bond motifs is 5. The van der Waals surface area contributed by atoms with Crippen molar-refractivity contribution in [2.75, 3.05) is 26.7 Å². The average molecular weight is 418 g/mol. The minimum absolute atomic E-state index is 0.000340. The normalized spacial score (nSPS) is 20.7. The Hall–Kier alpha value is -3.28. The van der Waals surface area contributed by atoms with Gasteiger partial charge < -0.3 is 19.5 Å². The fraction of sp³-hybridized carbons (Fsp3) is 0.360. The highest BCUT2D eigenvalue weighted by molar-refractivity contribution is 6.00. The standard InChI is InChI=1S/C25H27N3O3/c1-25-23-19(20-15-18(31-2)10-11-21(20)26-23)12-14-28(25)22(29)16-27(24(25)30)13-6-9-17-7-4-3-5-8-17/h3-5,7-8,10-11,15,26H,6,9,12-14,16H2,1-2H3/t25-/m1/s1. The number of methoxy groups -OCH3 is 1. The first kappa shape index (κ1) is 19.7. The van der Waals surface area contributed by atoms with E-state index in [4.69, 9.17) is 4.74 Å². The quantitative estimate of drug-likeness (QED) is 0.693. The molecule has 0 bridgehead atoms. The predicted octanol–water partition coefficient (Wildman–Crippen LogP) is 3.25. The van der Waals surface area contributed by atoms with Gasteiger partial charge in [0.25, 0.3) is 5.91 Å². The Labute approximate surface area is 181 Å². The van der Waals surface area contributed by atoms with E-state index in [-0.39, 0.29) is 18.4 Å². The molecule has 5 rings (SSSR count). The molecule has 2 amide bonds. The van der Waals surface area contributed by atoms with E-state index in [1.165, 1.54) is 5.56 Å². The maximum atomic E-state index is 13.7. The summed E-state index contributed by atoms with van der Waals surface area (Å²) in [5.41, 5.74) is 3.17.